The molecule has 0 radical (unpaired) electrons. The monoisotopic (exact) mass is 455 g/mol. The molecule has 0 aliphatic carbocycles. The van der Waals surface area contributed by atoms with E-state index in [4.69, 9.17) is 9.47 Å². The van der Waals surface area contributed by atoms with Gasteiger partial charge in [0.2, 0.25) is 0 Å². The first-order valence-corrected chi connectivity index (χ1v) is 11.3. The first kappa shape index (κ1) is 26.6. The molecule has 0 aliphatic rings. The molecule has 0 saturated carbocycles. The van der Waals surface area contributed by atoms with Crippen molar-refractivity contribution in [3.63, 3.8) is 0 Å². The lowest BCUT2D eigenvalue weighted by atomic mass is 9.78. The number of carbonyl (C=O) groups excluding carboxylic acids is 1. The number of hydrogen-bond donors (Lipinski definition) is 0. The summed E-state index contributed by atoms with van der Waals surface area (Å²) in [5.74, 6) is 0.365. The zero-order chi connectivity index (χ0) is 25.0. The number of nitrogens with zero attached hydrogens (tertiary/aromatic N) is 1. The summed E-state index contributed by atoms with van der Waals surface area (Å²) >= 11 is 0. The zero-order valence-electron chi connectivity index (χ0n) is 21.5. The number of benzene rings is 2. The second-order valence-corrected chi connectivity index (χ2v) is 10.6. The molecule has 2 rings (SSSR count). The fourth-order valence-corrected chi connectivity index (χ4v) is 3.31. The van der Waals surface area contributed by atoms with Gasteiger partial charge in [0, 0.05) is 23.7 Å². The average molecular weight is 456 g/mol. The number of ketones is 1. The van der Waals surface area contributed by atoms with Crippen LogP contribution in [0.5, 0.6) is 11.5 Å². The van der Waals surface area contributed by atoms with Crippen molar-refractivity contribution in [1.29, 1.82) is 0 Å². The van der Waals surface area contributed by atoms with Crippen molar-refractivity contribution in [2.24, 2.45) is 0 Å². The maximum absolute atomic E-state index is 14.4. The number of methoxy groups -OCH3 is 1. The normalized spacial score (nSPS) is 12.5. The van der Waals surface area contributed by atoms with Crippen LogP contribution >= 0.6 is 0 Å². The van der Waals surface area contributed by atoms with Gasteiger partial charge in [-0.2, -0.15) is 0 Å². The summed E-state index contributed by atoms with van der Waals surface area (Å²) in [6, 6.07) is 8.63. The van der Waals surface area contributed by atoms with E-state index in [0.717, 1.165) is 17.7 Å². The molecule has 0 aliphatic heterocycles. The number of carbonyl (C=O) groups is 1. The Hall–Kier alpha value is -2.66. The van der Waals surface area contributed by atoms with Crippen LogP contribution in [0, 0.1) is 5.82 Å². The van der Waals surface area contributed by atoms with Gasteiger partial charge in [0.15, 0.2) is 5.78 Å². The maximum atomic E-state index is 14.4. The molecule has 0 saturated heterocycles. The van der Waals surface area contributed by atoms with Crippen molar-refractivity contribution in [3.05, 3.63) is 64.5 Å². The molecular weight excluding hydrogens is 417 g/mol. The van der Waals surface area contributed by atoms with Crippen molar-refractivity contribution in [2.45, 2.75) is 52.4 Å². The molecule has 2 aromatic carbocycles. The van der Waals surface area contributed by atoms with Crippen LogP contribution in [0.1, 0.15) is 68.6 Å². The molecule has 0 bridgehead atoms. The Balaban J connectivity index is 2.58. The molecule has 0 aromatic heterocycles. The summed E-state index contributed by atoms with van der Waals surface area (Å²) in [5, 5.41) is 0. The number of hydrogen-bond acceptors (Lipinski definition) is 4. The maximum Gasteiger partial charge on any atom is 0.189 e. The Morgan fingerprint density at radius 1 is 1.03 bits per heavy atom. The van der Waals surface area contributed by atoms with Crippen LogP contribution in [0.4, 0.5) is 4.39 Å². The Morgan fingerprint density at radius 2 is 1.70 bits per heavy atom. The first-order chi connectivity index (χ1) is 15.2. The minimum Gasteiger partial charge on any atom is -0.497 e. The fraction of sp³-hybridized carbons (Fsp3) is 0.464. The van der Waals surface area contributed by atoms with Gasteiger partial charge in [-0.1, -0.05) is 47.6 Å². The lowest BCUT2D eigenvalue weighted by molar-refractivity contribution is 0.104. The molecule has 0 N–H and O–H groups in total. The van der Waals surface area contributed by atoms with Crippen molar-refractivity contribution in [2.75, 3.05) is 34.4 Å². The van der Waals surface area contributed by atoms with Crippen molar-refractivity contribution in [3.8, 4) is 11.5 Å². The van der Waals surface area contributed by atoms with E-state index < -0.39 is 5.82 Å². The molecule has 2 aromatic rings. The highest BCUT2D eigenvalue weighted by Gasteiger charge is 2.28. The van der Waals surface area contributed by atoms with Gasteiger partial charge in [-0.3, -0.25) is 4.79 Å². The summed E-state index contributed by atoms with van der Waals surface area (Å²) in [6.07, 6.45) is 2.92. The molecule has 180 valence electrons. The van der Waals surface area contributed by atoms with Crippen LogP contribution in [0.2, 0.25) is 0 Å². The number of halogens is 1. The van der Waals surface area contributed by atoms with E-state index in [-0.39, 0.29) is 16.6 Å². The van der Waals surface area contributed by atoms with Gasteiger partial charge < -0.3 is 14.4 Å². The Morgan fingerprint density at radius 3 is 2.21 bits per heavy atom. The lowest BCUT2D eigenvalue weighted by Crippen LogP contribution is -2.23. The van der Waals surface area contributed by atoms with E-state index in [1.54, 1.807) is 12.1 Å². The highest BCUT2D eigenvalue weighted by atomic mass is 19.1. The number of allylic oxidation sites excluding steroid dienone is 1. The van der Waals surface area contributed by atoms with E-state index in [9.17, 15) is 9.18 Å². The standard InChI is InChI=1S/C28H38FNO3/c1-27(2,3)20-16-22(25(31)13-11-19-10-12-21(32-9)18-24(19)29)26(33-15-14-30(7)8)23(17-20)28(4,5)6/h10-13,16-18H,14-15H2,1-9H3/b13-11+. The largest absolute Gasteiger partial charge is 0.497 e. The predicted molar refractivity (Wildman–Crippen MR) is 134 cm³/mol. The topological polar surface area (TPSA) is 38.8 Å². The van der Waals surface area contributed by atoms with Crippen LogP contribution in [0.3, 0.4) is 0 Å². The molecule has 0 unspecified atom stereocenters. The third-order valence-electron chi connectivity index (χ3n) is 5.44. The molecular formula is C28H38FNO3. The van der Waals surface area contributed by atoms with Gasteiger partial charge >= 0.3 is 0 Å². The van der Waals surface area contributed by atoms with Crippen LogP contribution in [-0.2, 0) is 10.8 Å². The zero-order valence-corrected chi connectivity index (χ0v) is 21.5. The lowest BCUT2D eigenvalue weighted by Gasteiger charge is -2.29. The Kier molecular flexibility index (Phi) is 8.47. The van der Waals surface area contributed by atoms with E-state index in [1.807, 2.05) is 25.1 Å². The minimum atomic E-state index is -0.445. The van der Waals surface area contributed by atoms with Crippen molar-refractivity contribution in [1.82, 2.24) is 4.90 Å². The first-order valence-electron chi connectivity index (χ1n) is 11.3. The second-order valence-electron chi connectivity index (χ2n) is 10.6. The summed E-state index contributed by atoms with van der Waals surface area (Å²) in [6.45, 7) is 13.9. The summed E-state index contributed by atoms with van der Waals surface area (Å²) in [4.78, 5) is 15.4. The fourth-order valence-electron chi connectivity index (χ4n) is 3.31. The highest BCUT2D eigenvalue weighted by Crippen LogP contribution is 2.39. The molecule has 0 heterocycles. The van der Waals surface area contributed by atoms with E-state index in [2.05, 4.69) is 47.6 Å². The van der Waals surface area contributed by atoms with Gasteiger partial charge in [0.05, 0.1) is 12.7 Å². The molecule has 0 fully saturated rings. The van der Waals surface area contributed by atoms with Gasteiger partial charge in [-0.05, 0) is 60.8 Å². The van der Waals surface area contributed by atoms with Crippen LogP contribution in [-0.4, -0.2) is 45.0 Å². The SMILES string of the molecule is COc1ccc(/C=C/C(=O)c2cc(C(C)(C)C)cc(C(C)(C)C)c2OCCN(C)C)c(F)c1. The average Bonchev–Trinajstić information content (AvgIpc) is 2.70. The number of likely N-dealkylation sites (N-methyl/N-ethyl adjacent to an activating group) is 1. The summed E-state index contributed by atoms with van der Waals surface area (Å²) < 4.78 is 25.6. The Labute approximate surface area is 198 Å². The van der Waals surface area contributed by atoms with Crippen LogP contribution in [0.25, 0.3) is 6.08 Å². The van der Waals surface area contributed by atoms with Gasteiger partial charge in [-0.25, -0.2) is 4.39 Å². The second kappa shape index (κ2) is 10.5. The van der Waals surface area contributed by atoms with E-state index >= 15 is 0 Å². The van der Waals surface area contributed by atoms with Crippen molar-refractivity contribution < 1.29 is 18.7 Å². The number of ether oxygens (including phenoxy) is 2. The molecule has 0 amide bonds. The van der Waals surface area contributed by atoms with Crippen molar-refractivity contribution >= 4 is 11.9 Å². The summed E-state index contributed by atoms with van der Waals surface area (Å²) in [7, 11) is 5.45. The smallest absolute Gasteiger partial charge is 0.189 e. The quantitative estimate of drug-likeness (QED) is 0.348. The third-order valence-corrected chi connectivity index (χ3v) is 5.44. The molecule has 0 atom stereocenters. The van der Waals surface area contributed by atoms with E-state index in [0.29, 0.717) is 29.2 Å². The van der Waals surface area contributed by atoms with Gasteiger partial charge in [0.1, 0.15) is 23.9 Å². The molecule has 0 spiro atoms. The number of rotatable bonds is 8. The minimum absolute atomic E-state index is 0.150. The van der Waals surface area contributed by atoms with Crippen LogP contribution in [0.15, 0.2) is 36.4 Å². The Bertz CT molecular complexity index is 1010. The van der Waals surface area contributed by atoms with Gasteiger partial charge in [0.25, 0.3) is 0 Å². The predicted octanol–water partition coefficient (Wildman–Crippen LogP) is 6.27. The molecule has 5 heteroatoms. The highest BCUT2D eigenvalue weighted by molar-refractivity contribution is 6.09. The van der Waals surface area contributed by atoms with E-state index in [1.165, 1.54) is 25.3 Å². The third kappa shape index (κ3) is 7.16. The van der Waals surface area contributed by atoms with Crippen LogP contribution < -0.4 is 9.47 Å². The molecule has 33 heavy (non-hydrogen) atoms. The van der Waals surface area contributed by atoms with Gasteiger partial charge in [-0.15, -0.1) is 0 Å². The molecule has 4 nitrogen and oxygen atoms in total. The summed E-state index contributed by atoms with van der Waals surface area (Å²) in [5.41, 5.74) is 2.48.